The molecule has 1 aromatic heterocycles. The Kier molecular flexibility index (Phi) is 4.05. The van der Waals surface area contributed by atoms with E-state index in [2.05, 4.69) is 9.72 Å². The van der Waals surface area contributed by atoms with E-state index in [1.165, 1.54) is 31.5 Å². The van der Waals surface area contributed by atoms with Crippen LogP contribution in [0, 0.1) is 5.82 Å². The number of ether oxygens (including phenoxy) is 2. The van der Waals surface area contributed by atoms with E-state index >= 15 is 0 Å². The summed E-state index contributed by atoms with van der Waals surface area (Å²) < 4.78 is 23.0. The van der Waals surface area contributed by atoms with Crippen molar-refractivity contribution in [2.75, 3.05) is 12.8 Å². The van der Waals surface area contributed by atoms with E-state index in [1.54, 1.807) is 0 Å². The van der Waals surface area contributed by atoms with E-state index in [0.717, 1.165) is 6.07 Å². The van der Waals surface area contributed by atoms with Crippen LogP contribution in [-0.2, 0) is 4.74 Å². The summed E-state index contributed by atoms with van der Waals surface area (Å²) in [6.07, 6.45) is 1.35. The van der Waals surface area contributed by atoms with Crippen molar-refractivity contribution >= 4 is 23.3 Å². The molecule has 2 N–H and O–H groups in total. The molecule has 0 aliphatic carbocycles. The van der Waals surface area contributed by atoms with Crippen molar-refractivity contribution in [2.24, 2.45) is 0 Å². The topological polar surface area (TPSA) is 74.4 Å². The maximum absolute atomic E-state index is 13.0. The van der Waals surface area contributed by atoms with Gasteiger partial charge in [0.2, 0.25) is 5.88 Å². The summed E-state index contributed by atoms with van der Waals surface area (Å²) in [7, 11) is 1.24. The highest BCUT2D eigenvalue weighted by Crippen LogP contribution is 2.30. The van der Waals surface area contributed by atoms with Crippen LogP contribution in [0.25, 0.3) is 0 Å². The highest BCUT2D eigenvalue weighted by Gasteiger charge is 2.15. The van der Waals surface area contributed by atoms with E-state index in [9.17, 15) is 9.18 Å². The molecule has 0 atom stereocenters. The summed E-state index contributed by atoms with van der Waals surface area (Å²) in [4.78, 5) is 15.4. The Bertz CT molecular complexity index is 664. The molecule has 7 heteroatoms. The summed E-state index contributed by atoms with van der Waals surface area (Å²) >= 11 is 5.64. The van der Waals surface area contributed by atoms with Gasteiger partial charge in [0.1, 0.15) is 17.3 Å². The number of benzene rings is 1. The lowest BCUT2D eigenvalue weighted by atomic mass is 10.2. The number of rotatable bonds is 3. The first-order valence-electron chi connectivity index (χ1n) is 5.48. The molecule has 0 amide bonds. The van der Waals surface area contributed by atoms with Gasteiger partial charge in [-0.2, -0.15) is 0 Å². The predicted octanol–water partition coefficient (Wildman–Crippen LogP) is 3.04. The van der Waals surface area contributed by atoms with Gasteiger partial charge in [-0.15, -0.1) is 0 Å². The lowest BCUT2D eigenvalue weighted by Crippen LogP contribution is -2.07. The number of halogens is 2. The molecule has 20 heavy (non-hydrogen) atoms. The number of methoxy groups -OCH3 is 1. The molecule has 0 saturated heterocycles. The summed E-state index contributed by atoms with van der Waals surface area (Å²) in [5.41, 5.74) is 5.94. The lowest BCUT2D eigenvalue weighted by molar-refractivity contribution is 0.0601. The minimum Gasteiger partial charge on any atom is -0.465 e. The molecule has 0 radical (unpaired) electrons. The quantitative estimate of drug-likeness (QED) is 0.881. The Morgan fingerprint density at radius 2 is 2.15 bits per heavy atom. The Hall–Kier alpha value is -2.34. The van der Waals surface area contributed by atoms with E-state index in [-0.39, 0.29) is 27.9 Å². The molecule has 0 aliphatic heterocycles. The number of carbonyl (C=O) groups is 1. The number of nitrogen functional groups attached to an aromatic ring is 1. The van der Waals surface area contributed by atoms with Crippen LogP contribution in [0.3, 0.4) is 0 Å². The largest absolute Gasteiger partial charge is 0.465 e. The number of nitrogens with two attached hydrogens (primary N) is 1. The van der Waals surface area contributed by atoms with Gasteiger partial charge in [0, 0.05) is 12.3 Å². The van der Waals surface area contributed by atoms with Crippen molar-refractivity contribution in [1.82, 2.24) is 4.98 Å². The third-order valence-electron chi connectivity index (χ3n) is 2.46. The number of pyridine rings is 1. The minimum absolute atomic E-state index is 0.00979. The van der Waals surface area contributed by atoms with Crippen molar-refractivity contribution in [3.63, 3.8) is 0 Å². The zero-order chi connectivity index (χ0) is 14.7. The second-order valence-electron chi connectivity index (χ2n) is 3.75. The van der Waals surface area contributed by atoms with E-state index < -0.39 is 11.8 Å². The molecule has 5 nitrogen and oxygen atoms in total. The normalized spacial score (nSPS) is 10.2. The monoisotopic (exact) mass is 296 g/mol. The molecule has 0 fully saturated rings. The minimum atomic E-state index is -0.605. The van der Waals surface area contributed by atoms with Crippen LogP contribution in [0.4, 0.5) is 10.1 Å². The van der Waals surface area contributed by atoms with Crippen molar-refractivity contribution < 1.29 is 18.7 Å². The third kappa shape index (κ3) is 2.80. The van der Waals surface area contributed by atoms with Crippen molar-refractivity contribution in [2.45, 2.75) is 0 Å². The first-order valence-corrected chi connectivity index (χ1v) is 5.86. The fourth-order valence-electron chi connectivity index (χ4n) is 1.48. The Labute approximate surface area is 119 Å². The molecule has 1 heterocycles. The predicted molar refractivity (Wildman–Crippen MR) is 71.5 cm³/mol. The van der Waals surface area contributed by atoms with E-state index in [4.69, 9.17) is 22.1 Å². The molecule has 0 spiro atoms. The fraction of sp³-hybridized carbons (Fsp3) is 0.0769. The van der Waals surface area contributed by atoms with Crippen LogP contribution in [0.2, 0.25) is 5.02 Å². The Balaban J connectivity index is 2.34. The maximum atomic E-state index is 13.0. The second kappa shape index (κ2) is 5.75. The zero-order valence-electron chi connectivity index (χ0n) is 10.4. The summed E-state index contributed by atoms with van der Waals surface area (Å²) in [5.74, 6) is -0.914. The molecule has 1 aromatic carbocycles. The van der Waals surface area contributed by atoms with Crippen molar-refractivity contribution in [1.29, 1.82) is 0 Å². The molecule has 0 bridgehead atoms. The summed E-state index contributed by atoms with van der Waals surface area (Å²) in [5, 5.41) is -0.0924. The van der Waals surface area contributed by atoms with Crippen LogP contribution < -0.4 is 10.5 Å². The van der Waals surface area contributed by atoms with Gasteiger partial charge in [0.15, 0.2) is 0 Å². The number of hydrogen-bond donors (Lipinski definition) is 1. The highest BCUT2D eigenvalue weighted by atomic mass is 35.5. The molecule has 0 aliphatic rings. The van der Waals surface area contributed by atoms with Gasteiger partial charge < -0.3 is 15.2 Å². The van der Waals surface area contributed by atoms with E-state index in [0.29, 0.717) is 0 Å². The number of carbonyl (C=O) groups excluding carboxylic acids is 1. The second-order valence-corrected chi connectivity index (χ2v) is 4.15. The molecular formula is C13H10ClFN2O3. The fourth-order valence-corrected chi connectivity index (χ4v) is 1.65. The number of esters is 1. The average molecular weight is 297 g/mol. The van der Waals surface area contributed by atoms with E-state index in [1.807, 2.05) is 0 Å². The SMILES string of the molecule is COC(=O)c1ccnc(Oc2ccc(F)c(Cl)c2)c1N. The maximum Gasteiger partial charge on any atom is 0.340 e. The van der Waals surface area contributed by atoms with Crippen LogP contribution in [0.1, 0.15) is 10.4 Å². The lowest BCUT2D eigenvalue weighted by Gasteiger charge is -2.10. The Morgan fingerprint density at radius 1 is 1.40 bits per heavy atom. The van der Waals surface area contributed by atoms with Gasteiger partial charge in [0.25, 0.3) is 0 Å². The number of aromatic nitrogens is 1. The highest BCUT2D eigenvalue weighted by molar-refractivity contribution is 6.30. The van der Waals surface area contributed by atoms with Gasteiger partial charge in [-0.25, -0.2) is 14.2 Å². The number of hydrogen-bond acceptors (Lipinski definition) is 5. The Morgan fingerprint density at radius 3 is 2.80 bits per heavy atom. The zero-order valence-corrected chi connectivity index (χ0v) is 11.1. The summed E-state index contributed by atoms with van der Waals surface area (Å²) in [6, 6.07) is 5.21. The van der Waals surface area contributed by atoms with Gasteiger partial charge in [-0.1, -0.05) is 11.6 Å². The third-order valence-corrected chi connectivity index (χ3v) is 2.75. The molecule has 104 valence electrons. The number of nitrogens with zero attached hydrogens (tertiary/aromatic N) is 1. The van der Waals surface area contributed by atoms with Crippen LogP contribution >= 0.6 is 11.6 Å². The molecule has 0 unspecified atom stereocenters. The van der Waals surface area contributed by atoms with Crippen molar-refractivity contribution in [3.05, 3.63) is 46.9 Å². The molecular weight excluding hydrogens is 287 g/mol. The van der Waals surface area contributed by atoms with Gasteiger partial charge in [-0.3, -0.25) is 0 Å². The summed E-state index contributed by atoms with van der Waals surface area (Å²) in [6.45, 7) is 0. The molecule has 2 aromatic rings. The van der Waals surface area contributed by atoms with Crippen LogP contribution in [0.5, 0.6) is 11.6 Å². The van der Waals surface area contributed by atoms with Crippen LogP contribution in [-0.4, -0.2) is 18.1 Å². The van der Waals surface area contributed by atoms with Gasteiger partial charge >= 0.3 is 5.97 Å². The molecule has 0 saturated carbocycles. The average Bonchev–Trinajstić information content (AvgIpc) is 2.44. The van der Waals surface area contributed by atoms with Crippen molar-refractivity contribution in [3.8, 4) is 11.6 Å². The van der Waals surface area contributed by atoms with Gasteiger partial charge in [0.05, 0.1) is 17.7 Å². The van der Waals surface area contributed by atoms with Gasteiger partial charge in [-0.05, 0) is 18.2 Å². The molecule has 2 rings (SSSR count). The standard InChI is InChI=1S/C13H10ClFN2O3/c1-19-13(18)8-4-5-17-12(11(8)16)20-7-2-3-10(15)9(14)6-7/h2-6H,16H2,1H3. The first kappa shape index (κ1) is 14.1. The smallest absolute Gasteiger partial charge is 0.340 e. The number of anilines is 1. The van der Waals surface area contributed by atoms with Crippen LogP contribution in [0.15, 0.2) is 30.5 Å². The first-order chi connectivity index (χ1) is 9.52.